The van der Waals surface area contributed by atoms with Crippen molar-refractivity contribution in [2.45, 2.75) is 44.7 Å². The second-order valence-corrected chi connectivity index (χ2v) is 6.28. The average Bonchev–Trinajstić information content (AvgIpc) is 2.69. The predicted molar refractivity (Wildman–Crippen MR) is 85.7 cm³/mol. The van der Waals surface area contributed by atoms with Crippen LogP contribution >= 0.6 is 0 Å². The van der Waals surface area contributed by atoms with Crippen LogP contribution in [0.2, 0.25) is 0 Å². The Labute approximate surface area is 122 Å². The molecule has 2 saturated heterocycles. The Bertz CT molecular complexity index is 452. The number of rotatable bonds is 3. The zero-order chi connectivity index (χ0) is 13.8. The maximum Gasteiger partial charge on any atom is 0.0253 e. The van der Waals surface area contributed by atoms with E-state index in [1.165, 1.54) is 49.9 Å². The van der Waals surface area contributed by atoms with Crippen molar-refractivity contribution in [3.05, 3.63) is 41.5 Å². The van der Waals surface area contributed by atoms with Crippen LogP contribution in [0, 0.1) is 0 Å². The molecule has 1 aromatic carbocycles. The highest BCUT2D eigenvalue weighted by atomic mass is 15.2. The van der Waals surface area contributed by atoms with Crippen LogP contribution in [0.1, 0.15) is 38.2 Å². The Morgan fingerprint density at radius 3 is 2.95 bits per heavy atom. The topological polar surface area (TPSA) is 15.3 Å². The van der Waals surface area contributed by atoms with Gasteiger partial charge in [-0.1, -0.05) is 48.4 Å². The Hall–Kier alpha value is -1.12. The molecule has 0 aromatic heterocycles. The third-order valence-electron chi connectivity index (χ3n) is 4.66. The fraction of sp³-hybridized carbons (Fsp3) is 0.556. The highest BCUT2D eigenvalue weighted by Crippen LogP contribution is 2.26. The molecule has 108 valence electrons. The molecule has 0 radical (unpaired) electrons. The van der Waals surface area contributed by atoms with E-state index in [1.54, 1.807) is 0 Å². The Morgan fingerprint density at radius 2 is 2.10 bits per heavy atom. The minimum absolute atomic E-state index is 0.738. The van der Waals surface area contributed by atoms with E-state index >= 15 is 0 Å². The van der Waals surface area contributed by atoms with Crippen molar-refractivity contribution in [1.29, 1.82) is 0 Å². The molecule has 1 N–H and O–H groups in total. The molecule has 2 heterocycles. The van der Waals surface area contributed by atoms with E-state index in [2.05, 4.69) is 53.5 Å². The summed E-state index contributed by atoms with van der Waals surface area (Å²) in [6.07, 6.45) is 7.75. The predicted octanol–water partition coefficient (Wildman–Crippen LogP) is 3.31. The Balaban J connectivity index is 1.64. The lowest BCUT2D eigenvalue weighted by molar-refractivity contribution is 0.247. The van der Waals surface area contributed by atoms with Gasteiger partial charge >= 0.3 is 0 Å². The largest absolute Gasteiger partial charge is 0.312 e. The maximum absolute atomic E-state index is 3.74. The summed E-state index contributed by atoms with van der Waals surface area (Å²) in [5.41, 5.74) is 2.79. The molecule has 0 unspecified atom stereocenters. The lowest BCUT2D eigenvalue weighted by atomic mass is 10.0. The average molecular weight is 270 g/mol. The monoisotopic (exact) mass is 270 g/mol. The molecular formula is C18H26N2. The van der Waals surface area contributed by atoms with Gasteiger partial charge < -0.3 is 5.32 Å². The molecule has 2 aliphatic heterocycles. The molecule has 20 heavy (non-hydrogen) atoms. The van der Waals surface area contributed by atoms with Gasteiger partial charge in [0.2, 0.25) is 0 Å². The number of nitrogens with one attached hydrogen (secondary N) is 1. The summed E-state index contributed by atoms with van der Waals surface area (Å²) in [6.45, 7) is 5.86. The van der Waals surface area contributed by atoms with Gasteiger partial charge in [-0.25, -0.2) is 0 Å². The van der Waals surface area contributed by atoms with Gasteiger partial charge in [0, 0.05) is 25.2 Å². The van der Waals surface area contributed by atoms with Gasteiger partial charge in [0.15, 0.2) is 0 Å². The summed E-state index contributed by atoms with van der Waals surface area (Å²) < 4.78 is 0. The molecule has 0 amide bonds. The highest BCUT2D eigenvalue weighted by Gasteiger charge is 2.34. The molecule has 2 nitrogen and oxygen atoms in total. The van der Waals surface area contributed by atoms with Crippen molar-refractivity contribution < 1.29 is 0 Å². The number of likely N-dealkylation sites (tertiary alicyclic amines) is 1. The van der Waals surface area contributed by atoms with Crippen LogP contribution in [0.15, 0.2) is 35.9 Å². The lowest BCUT2D eigenvalue weighted by Gasteiger charge is -2.27. The minimum atomic E-state index is 0.738. The number of fused-ring (bicyclic) bond motifs is 1. The van der Waals surface area contributed by atoms with Crippen molar-refractivity contribution in [1.82, 2.24) is 10.2 Å². The van der Waals surface area contributed by atoms with Crippen LogP contribution in [0.25, 0.3) is 6.08 Å². The molecule has 1 aromatic rings. The van der Waals surface area contributed by atoms with Crippen molar-refractivity contribution in [2.24, 2.45) is 0 Å². The van der Waals surface area contributed by atoms with Crippen LogP contribution in [0.4, 0.5) is 0 Å². The maximum atomic E-state index is 3.74. The van der Waals surface area contributed by atoms with Crippen molar-refractivity contribution in [3.63, 3.8) is 0 Å². The van der Waals surface area contributed by atoms with Gasteiger partial charge in [-0.2, -0.15) is 0 Å². The van der Waals surface area contributed by atoms with E-state index in [0.29, 0.717) is 0 Å². The first kappa shape index (κ1) is 13.8. The SMILES string of the molecule is C/C(=C\c1ccccc1)CN1CC[C@H]2NCCCC[C@H]21. The third kappa shape index (κ3) is 3.31. The van der Waals surface area contributed by atoms with E-state index in [4.69, 9.17) is 0 Å². The zero-order valence-corrected chi connectivity index (χ0v) is 12.5. The summed E-state index contributed by atoms with van der Waals surface area (Å²) in [6, 6.07) is 12.2. The number of hydrogen-bond donors (Lipinski definition) is 1. The molecule has 0 bridgehead atoms. The summed E-state index contributed by atoms with van der Waals surface area (Å²) >= 11 is 0. The number of nitrogens with zero attached hydrogens (tertiary/aromatic N) is 1. The molecule has 0 saturated carbocycles. The van der Waals surface area contributed by atoms with Gasteiger partial charge in [-0.3, -0.25) is 4.90 Å². The standard InChI is InChI=1S/C18H26N2/c1-15(13-16-7-3-2-4-8-16)14-20-12-10-17-18(20)9-5-6-11-19-17/h2-4,7-8,13,17-19H,5-6,9-12,14H2,1H3/b15-13+/t17-,18-/m1/s1. The normalized spacial score (nSPS) is 28.1. The van der Waals surface area contributed by atoms with Crippen LogP contribution in [0.3, 0.4) is 0 Å². The van der Waals surface area contributed by atoms with Gasteiger partial charge in [-0.05, 0) is 38.3 Å². The number of hydrogen-bond acceptors (Lipinski definition) is 2. The van der Waals surface area contributed by atoms with Gasteiger partial charge in [-0.15, -0.1) is 0 Å². The summed E-state index contributed by atoms with van der Waals surface area (Å²) in [7, 11) is 0. The van der Waals surface area contributed by atoms with E-state index in [0.717, 1.165) is 18.6 Å². The van der Waals surface area contributed by atoms with Crippen LogP contribution in [-0.2, 0) is 0 Å². The van der Waals surface area contributed by atoms with Gasteiger partial charge in [0.05, 0.1) is 0 Å². The molecule has 0 aliphatic carbocycles. The fourth-order valence-corrected chi connectivity index (χ4v) is 3.70. The zero-order valence-electron chi connectivity index (χ0n) is 12.5. The second-order valence-electron chi connectivity index (χ2n) is 6.28. The van der Waals surface area contributed by atoms with Crippen molar-refractivity contribution in [3.8, 4) is 0 Å². The highest BCUT2D eigenvalue weighted by molar-refractivity contribution is 5.52. The molecule has 0 spiro atoms. The Kier molecular flexibility index (Phi) is 4.54. The lowest BCUT2D eigenvalue weighted by Crippen LogP contribution is -2.41. The van der Waals surface area contributed by atoms with E-state index < -0.39 is 0 Å². The van der Waals surface area contributed by atoms with Gasteiger partial charge in [0.1, 0.15) is 0 Å². The molecule has 2 atom stereocenters. The first-order chi connectivity index (χ1) is 9.83. The van der Waals surface area contributed by atoms with Crippen LogP contribution in [-0.4, -0.2) is 36.6 Å². The van der Waals surface area contributed by atoms with Crippen molar-refractivity contribution >= 4 is 6.08 Å². The van der Waals surface area contributed by atoms with E-state index in [1.807, 2.05) is 0 Å². The fourth-order valence-electron chi connectivity index (χ4n) is 3.70. The van der Waals surface area contributed by atoms with Crippen molar-refractivity contribution in [2.75, 3.05) is 19.6 Å². The first-order valence-electron chi connectivity index (χ1n) is 8.02. The quantitative estimate of drug-likeness (QED) is 0.906. The summed E-state index contributed by atoms with van der Waals surface area (Å²) in [5, 5.41) is 3.74. The summed E-state index contributed by atoms with van der Waals surface area (Å²) in [4.78, 5) is 2.69. The van der Waals surface area contributed by atoms with Gasteiger partial charge in [0.25, 0.3) is 0 Å². The molecule has 2 aliphatic rings. The smallest absolute Gasteiger partial charge is 0.0253 e. The van der Waals surface area contributed by atoms with E-state index in [9.17, 15) is 0 Å². The molecule has 3 rings (SSSR count). The molecule has 2 heteroatoms. The minimum Gasteiger partial charge on any atom is -0.312 e. The summed E-state index contributed by atoms with van der Waals surface area (Å²) in [5.74, 6) is 0. The van der Waals surface area contributed by atoms with Crippen LogP contribution in [0.5, 0.6) is 0 Å². The second kappa shape index (κ2) is 6.55. The molecular weight excluding hydrogens is 244 g/mol. The third-order valence-corrected chi connectivity index (χ3v) is 4.66. The van der Waals surface area contributed by atoms with E-state index in [-0.39, 0.29) is 0 Å². The Morgan fingerprint density at radius 1 is 1.25 bits per heavy atom. The number of benzene rings is 1. The van der Waals surface area contributed by atoms with Crippen LogP contribution < -0.4 is 5.32 Å². The molecule has 2 fully saturated rings. The first-order valence-corrected chi connectivity index (χ1v) is 8.02.